The highest BCUT2D eigenvalue weighted by Crippen LogP contribution is 2.33. The fourth-order valence-electron chi connectivity index (χ4n) is 7.34. The Labute approximate surface area is 286 Å². The van der Waals surface area contributed by atoms with Crippen molar-refractivity contribution in [3.63, 3.8) is 0 Å². The van der Waals surface area contributed by atoms with E-state index in [1.807, 2.05) is 64.4 Å². The maximum atomic E-state index is 12.4. The third-order valence-electron chi connectivity index (χ3n) is 10.5. The largest absolute Gasteiger partial charge is 0.363 e. The predicted molar refractivity (Wildman–Crippen MR) is 190 cm³/mol. The molecule has 4 heterocycles. The van der Waals surface area contributed by atoms with Gasteiger partial charge in [-0.05, 0) is 62.1 Å². The lowest BCUT2D eigenvalue weighted by Crippen LogP contribution is -2.59. The van der Waals surface area contributed by atoms with Gasteiger partial charge in [-0.15, -0.1) is 0 Å². The Bertz CT molecular complexity index is 1460. The van der Waals surface area contributed by atoms with Gasteiger partial charge in [0.05, 0.1) is 31.0 Å². The summed E-state index contributed by atoms with van der Waals surface area (Å²) in [6.45, 7) is 10.8. The highest BCUT2D eigenvalue weighted by atomic mass is 16.5. The number of hydrogen-bond donors (Lipinski definition) is 0. The molecule has 48 heavy (non-hydrogen) atoms. The number of hydrogen-bond acceptors (Lipinski definition) is 7. The summed E-state index contributed by atoms with van der Waals surface area (Å²) in [6.07, 6.45) is 3.96. The molecule has 0 radical (unpaired) electrons. The van der Waals surface area contributed by atoms with Gasteiger partial charge in [-0.1, -0.05) is 73.7 Å². The second-order valence-electron chi connectivity index (χ2n) is 13.7. The molecule has 4 aliphatic rings. The molecule has 9 nitrogen and oxygen atoms in total. The Morgan fingerprint density at radius 1 is 0.667 bits per heavy atom. The van der Waals surface area contributed by atoms with Crippen LogP contribution in [0.5, 0.6) is 0 Å². The third kappa shape index (κ3) is 8.44. The van der Waals surface area contributed by atoms with Gasteiger partial charge in [-0.2, -0.15) is 0 Å². The fraction of sp³-hybridized carbons (Fsp3) is 0.487. The van der Waals surface area contributed by atoms with E-state index in [-0.39, 0.29) is 36.2 Å². The molecule has 0 atom stereocenters. The highest BCUT2D eigenvalue weighted by Gasteiger charge is 2.43. The average molecular weight is 654 g/mol. The van der Waals surface area contributed by atoms with Crippen LogP contribution in [0, 0.1) is 0 Å². The number of morpholine rings is 2. The molecule has 0 bridgehead atoms. The molecule has 4 saturated heterocycles. The first kappa shape index (κ1) is 34.1. The smallest absolute Gasteiger partial charge is 0.253 e. The van der Waals surface area contributed by atoms with E-state index in [0.29, 0.717) is 13.1 Å². The van der Waals surface area contributed by atoms with Crippen LogP contribution < -0.4 is 9.80 Å². The van der Waals surface area contributed by atoms with Crippen molar-refractivity contribution in [1.82, 2.24) is 14.7 Å². The Kier molecular flexibility index (Phi) is 11.1. The van der Waals surface area contributed by atoms with Crippen molar-refractivity contribution in [2.45, 2.75) is 50.4 Å². The normalized spacial score (nSPS) is 21.2. The summed E-state index contributed by atoms with van der Waals surface area (Å²) >= 11 is 0. The molecule has 0 aliphatic carbocycles. The maximum absolute atomic E-state index is 12.4. The zero-order valence-electron chi connectivity index (χ0n) is 28.6. The van der Waals surface area contributed by atoms with Crippen molar-refractivity contribution < 1.29 is 19.1 Å². The molecule has 7 rings (SSSR count). The number of para-hydroxylation sites is 2. The molecule has 0 unspecified atom stereocenters. The standard InChI is InChI=1S/C22H27N3O2.C17H24N2O2/c1-23(19-8-4-2-5-9-19)18-24-14-12-22(13-15-24)17-25(21(26)16-27-22)20-10-6-3-7-11-20;1-2-18-10-8-17(9-11-18)14-19(16(20)13-21-17)12-15-6-4-3-5-7-15/h2-11H,12-18H2,1H3;3-7H,2,8-14H2,1H3. The van der Waals surface area contributed by atoms with Gasteiger partial charge < -0.3 is 29.1 Å². The first-order valence-corrected chi connectivity index (χ1v) is 17.5. The first-order chi connectivity index (χ1) is 23.4. The predicted octanol–water partition coefficient (Wildman–Crippen LogP) is 4.88. The van der Waals surface area contributed by atoms with E-state index in [4.69, 9.17) is 9.47 Å². The van der Waals surface area contributed by atoms with Crippen LogP contribution in [0.1, 0.15) is 38.2 Å². The molecule has 3 aromatic rings. The number of piperidine rings is 2. The molecule has 0 aromatic heterocycles. The molecule has 256 valence electrons. The molecule has 2 spiro atoms. The minimum Gasteiger partial charge on any atom is -0.363 e. The Morgan fingerprint density at radius 3 is 1.79 bits per heavy atom. The number of carbonyl (C=O) groups is 2. The summed E-state index contributed by atoms with van der Waals surface area (Å²) in [5, 5.41) is 0. The van der Waals surface area contributed by atoms with Crippen molar-refractivity contribution in [2.75, 3.05) is 82.5 Å². The van der Waals surface area contributed by atoms with Crippen molar-refractivity contribution >= 4 is 23.2 Å². The number of anilines is 2. The lowest BCUT2D eigenvalue weighted by Gasteiger charge is -2.47. The van der Waals surface area contributed by atoms with Gasteiger partial charge in [-0.3, -0.25) is 14.5 Å². The summed E-state index contributed by atoms with van der Waals surface area (Å²) in [5.41, 5.74) is 3.05. The number of benzene rings is 3. The number of carbonyl (C=O) groups excluding carboxylic acids is 2. The Morgan fingerprint density at radius 2 is 1.19 bits per heavy atom. The minimum absolute atomic E-state index is 0.0538. The molecule has 4 fully saturated rings. The van der Waals surface area contributed by atoms with Crippen LogP contribution >= 0.6 is 0 Å². The van der Waals surface area contributed by atoms with Crippen LogP contribution in [-0.2, 0) is 25.6 Å². The van der Waals surface area contributed by atoms with Crippen molar-refractivity contribution in [1.29, 1.82) is 0 Å². The van der Waals surface area contributed by atoms with Crippen molar-refractivity contribution in [3.05, 3.63) is 96.6 Å². The zero-order valence-corrected chi connectivity index (χ0v) is 28.6. The average Bonchev–Trinajstić information content (AvgIpc) is 3.14. The molecule has 4 aliphatic heterocycles. The molecular formula is C39H51N5O4. The van der Waals surface area contributed by atoms with Gasteiger partial charge in [0.15, 0.2) is 0 Å². The summed E-state index contributed by atoms with van der Waals surface area (Å²) < 4.78 is 12.0. The SMILES string of the molecule is CCN1CCC2(CC1)CN(Cc1ccccc1)C(=O)CO2.CN(CN1CCC2(CC1)CN(c1ccccc1)C(=O)CO2)c1ccccc1. The third-order valence-corrected chi connectivity index (χ3v) is 10.5. The van der Waals surface area contributed by atoms with E-state index in [2.05, 4.69) is 65.1 Å². The zero-order chi connectivity index (χ0) is 33.4. The van der Waals surface area contributed by atoms with E-state index in [1.165, 1.54) is 11.3 Å². The molecule has 0 saturated carbocycles. The van der Waals surface area contributed by atoms with Crippen molar-refractivity contribution in [2.24, 2.45) is 0 Å². The van der Waals surface area contributed by atoms with Gasteiger partial charge in [0, 0.05) is 51.1 Å². The summed E-state index contributed by atoms with van der Waals surface area (Å²) in [7, 11) is 2.13. The molecular weight excluding hydrogens is 602 g/mol. The second kappa shape index (κ2) is 15.6. The maximum Gasteiger partial charge on any atom is 0.253 e. The van der Waals surface area contributed by atoms with Gasteiger partial charge in [0.25, 0.3) is 5.91 Å². The molecule has 3 aromatic carbocycles. The number of ether oxygens (including phenoxy) is 2. The van der Waals surface area contributed by atoms with Gasteiger partial charge in [0.2, 0.25) is 5.91 Å². The minimum atomic E-state index is -0.217. The monoisotopic (exact) mass is 653 g/mol. The summed E-state index contributed by atoms with van der Waals surface area (Å²) in [4.78, 5) is 35.6. The molecule has 9 heteroatoms. The summed E-state index contributed by atoms with van der Waals surface area (Å²) in [6, 6.07) is 30.6. The van der Waals surface area contributed by atoms with E-state index >= 15 is 0 Å². The van der Waals surface area contributed by atoms with E-state index in [0.717, 1.165) is 77.3 Å². The number of rotatable bonds is 7. The fourth-order valence-corrected chi connectivity index (χ4v) is 7.34. The van der Waals surface area contributed by atoms with Crippen LogP contribution in [0.2, 0.25) is 0 Å². The number of amides is 2. The van der Waals surface area contributed by atoms with Gasteiger partial charge in [0.1, 0.15) is 13.2 Å². The first-order valence-electron chi connectivity index (χ1n) is 17.5. The van der Waals surface area contributed by atoms with Gasteiger partial charge in [-0.25, -0.2) is 0 Å². The molecule has 0 N–H and O–H groups in total. The summed E-state index contributed by atoms with van der Waals surface area (Å²) in [5.74, 6) is 0.167. The lowest BCUT2D eigenvalue weighted by atomic mass is 9.89. The Balaban J connectivity index is 0.000000173. The van der Waals surface area contributed by atoms with E-state index in [1.54, 1.807) is 0 Å². The van der Waals surface area contributed by atoms with E-state index < -0.39 is 0 Å². The van der Waals surface area contributed by atoms with Crippen molar-refractivity contribution in [3.8, 4) is 0 Å². The van der Waals surface area contributed by atoms with Gasteiger partial charge >= 0.3 is 0 Å². The Hall–Kier alpha value is -3.76. The number of nitrogens with zero attached hydrogens (tertiary/aromatic N) is 5. The van der Waals surface area contributed by atoms with Crippen LogP contribution in [0.15, 0.2) is 91.0 Å². The van der Waals surface area contributed by atoms with Crippen LogP contribution in [0.4, 0.5) is 11.4 Å². The highest BCUT2D eigenvalue weighted by molar-refractivity contribution is 5.95. The van der Waals surface area contributed by atoms with Crippen LogP contribution in [-0.4, -0.2) is 110 Å². The van der Waals surface area contributed by atoms with Crippen LogP contribution in [0.3, 0.4) is 0 Å². The molecule has 2 amide bonds. The second-order valence-corrected chi connectivity index (χ2v) is 13.7. The lowest BCUT2D eigenvalue weighted by molar-refractivity contribution is -0.172. The van der Waals surface area contributed by atoms with Crippen LogP contribution in [0.25, 0.3) is 0 Å². The van der Waals surface area contributed by atoms with E-state index in [9.17, 15) is 9.59 Å². The topological polar surface area (TPSA) is 68.8 Å². The quantitative estimate of drug-likeness (QED) is 0.360. The number of likely N-dealkylation sites (tertiary alicyclic amines) is 2.